The van der Waals surface area contributed by atoms with E-state index in [0.29, 0.717) is 6.42 Å². The van der Waals surface area contributed by atoms with Crippen molar-refractivity contribution in [2.45, 2.75) is 46.1 Å². The fraction of sp³-hybridized carbons (Fsp3) is 0.500. The van der Waals surface area contributed by atoms with Crippen molar-refractivity contribution in [3.8, 4) is 11.8 Å². The van der Waals surface area contributed by atoms with Crippen molar-refractivity contribution in [1.82, 2.24) is 0 Å². The zero-order chi connectivity index (χ0) is 11.9. The molecule has 0 fully saturated rings. The Bertz CT molecular complexity index is 484. The molecule has 0 radical (unpaired) electrons. The van der Waals surface area contributed by atoms with Gasteiger partial charge in [0.25, 0.3) is 0 Å². The van der Waals surface area contributed by atoms with Gasteiger partial charge < -0.3 is 4.74 Å². The van der Waals surface area contributed by atoms with Crippen LogP contribution in [-0.4, -0.2) is 5.60 Å². The van der Waals surface area contributed by atoms with E-state index in [1.165, 1.54) is 22.3 Å². The molecule has 1 aliphatic rings. The number of ether oxygens (including phenoxy) is 1. The Morgan fingerprint density at radius 1 is 1.38 bits per heavy atom. The van der Waals surface area contributed by atoms with E-state index < -0.39 is 0 Å². The molecule has 16 heavy (non-hydrogen) atoms. The Morgan fingerprint density at radius 2 is 2.06 bits per heavy atom. The van der Waals surface area contributed by atoms with Crippen molar-refractivity contribution in [3.63, 3.8) is 0 Å². The van der Waals surface area contributed by atoms with Gasteiger partial charge in [-0.3, -0.25) is 0 Å². The average molecular weight is 215 g/mol. The zero-order valence-corrected chi connectivity index (χ0v) is 10.3. The molecule has 0 bridgehead atoms. The van der Waals surface area contributed by atoms with Crippen LogP contribution in [0.1, 0.15) is 35.6 Å². The van der Waals surface area contributed by atoms with Gasteiger partial charge in [-0.25, -0.2) is 0 Å². The summed E-state index contributed by atoms with van der Waals surface area (Å²) in [6, 6.07) is 4.42. The molecule has 1 unspecified atom stereocenters. The van der Waals surface area contributed by atoms with Gasteiger partial charge in [0.05, 0.1) is 12.5 Å². The molecule has 1 atom stereocenters. The molecule has 0 saturated heterocycles. The molecule has 1 aromatic carbocycles. The highest BCUT2D eigenvalue weighted by atomic mass is 16.5. The number of fused-ring (bicyclic) bond motifs is 1. The molecule has 1 aromatic rings. The molecular formula is C14H17NO. The number of benzene rings is 1. The summed E-state index contributed by atoms with van der Waals surface area (Å²) in [7, 11) is 0. The maximum atomic E-state index is 8.83. The minimum atomic E-state index is -0.333. The molecule has 84 valence electrons. The van der Waals surface area contributed by atoms with Crippen LogP contribution in [0.15, 0.2) is 6.07 Å². The van der Waals surface area contributed by atoms with E-state index in [1.54, 1.807) is 0 Å². The Hall–Kier alpha value is -1.49. The third-order valence-corrected chi connectivity index (χ3v) is 3.47. The molecular weight excluding hydrogens is 198 g/mol. The Kier molecular flexibility index (Phi) is 2.42. The molecule has 1 aliphatic heterocycles. The summed E-state index contributed by atoms with van der Waals surface area (Å²) in [6.07, 6.45) is 1.29. The Labute approximate surface area is 96.9 Å². The molecule has 0 aliphatic carbocycles. The average Bonchev–Trinajstić information content (AvgIpc) is 2.54. The van der Waals surface area contributed by atoms with E-state index in [-0.39, 0.29) is 5.60 Å². The van der Waals surface area contributed by atoms with Crippen molar-refractivity contribution in [3.05, 3.63) is 28.3 Å². The first-order valence-electron chi connectivity index (χ1n) is 5.62. The normalized spacial score (nSPS) is 22.4. The van der Waals surface area contributed by atoms with E-state index >= 15 is 0 Å². The van der Waals surface area contributed by atoms with E-state index in [4.69, 9.17) is 10.00 Å². The summed E-state index contributed by atoms with van der Waals surface area (Å²) in [5.74, 6) is 1.01. The number of nitrogens with zero attached hydrogens (tertiary/aromatic N) is 1. The summed E-state index contributed by atoms with van der Waals surface area (Å²) in [4.78, 5) is 0. The van der Waals surface area contributed by atoms with Gasteiger partial charge in [0, 0.05) is 12.0 Å². The number of hydrogen-bond donors (Lipinski definition) is 0. The van der Waals surface area contributed by atoms with Gasteiger partial charge in [-0.05, 0) is 44.4 Å². The van der Waals surface area contributed by atoms with Crippen molar-refractivity contribution in [2.24, 2.45) is 0 Å². The molecule has 2 rings (SSSR count). The summed E-state index contributed by atoms with van der Waals surface area (Å²) in [5.41, 5.74) is 4.70. The van der Waals surface area contributed by atoms with Gasteiger partial charge in [0.15, 0.2) is 0 Å². The number of hydrogen-bond acceptors (Lipinski definition) is 2. The van der Waals surface area contributed by atoms with Crippen LogP contribution in [0.25, 0.3) is 0 Å². The van der Waals surface area contributed by atoms with Crippen molar-refractivity contribution < 1.29 is 4.74 Å². The molecule has 0 amide bonds. The molecule has 0 aromatic heterocycles. The van der Waals surface area contributed by atoms with Crippen LogP contribution in [0.3, 0.4) is 0 Å². The zero-order valence-electron chi connectivity index (χ0n) is 10.3. The lowest BCUT2D eigenvalue weighted by molar-refractivity contribution is 0.121. The van der Waals surface area contributed by atoms with E-state index in [0.717, 1.165) is 12.2 Å². The molecule has 0 N–H and O–H groups in total. The Balaban J connectivity index is 2.49. The van der Waals surface area contributed by atoms with Crippen LogP contribution in [-0.2, 0) is 6.42 Å². The lowest BCUT2D eigenvalue weighted by Gasteiger charge is -2.20. The minimum Gasteiger partial charge on any atom is -0.486 e. The van der Waals surface area contributed by atoms with Crippen LogP contribution in [0.4, 0.5) is 0 Å². The quantitative estimate of drug-likeness (QED) is 0.720. The monoisotopic (exact) mass is 215 g/mol. The van der Waals surface area contributed by atoms with Gasteiger partial charge in [-0.15, -0.1) is 0 Å². The van der Waals surface area contributed by atoms with Gasteiger partial charge in [-0.1, -0.05) is 6.07 Å². The second-order valence-corrected chi connectivity index (χ2v) is 5.01. The highest BCUT2D eigenvalue weighted by Gasteiger charge is 2.36. The molecule has 1 heterocycles. The first-order chi connectivity index (χ1) is 7.47. The fourth-order valence-electron chi connectivity index (χ4n) is 2.38. The summed E-state index contributed by atoms with van der Waals surface area (Å²) in [6.45, 7) is 8.33. The lowest BCUT2D eigenvalue weighted by atomic mass is 9.92. The number of nitriles is 1. The molecule has 0 saturated carbocycles. The van der Waals surface area contributed by atoms with Crippen molar-refractivity contribution in [2.75, 3.05) is 0 Å². The summed E-state index contributed by atoms with van der Waals surface area (Å²) < 4.78 is 6.00. The topological polar surface area (TPSA) is 33.0 Å². The molecule has 0 spiro atoms. The maximum Gasteiger partial charge on any atom is 0.126 e. The standard InChI is InChI=1S/C14H17NO/c1-9-7-10(2)12-8-14(4,5-6-15)16-13(12)11(9)3/h7H,5,8H2,1-4H3. The first kappa shape index (κ1) is 11.0. The second kappa shape index (κ2) is 3.52. The lowest BCUT2D eigenvalue weighted by Crippen LogP contribution is -2.29. The van der Waals surface area contributed by atoms with Crippen molar-refractivity contribution >= 4 is 0 Å². The predicted octanol–water partition coefficient (Wildman–Crippen LogP) is 3.22. The summed E-state index contributed by atoms with van der Waals surface area (Å²) >= 11 is 0. The van der Waals surface area contributed by atoms with E-state index in [1.807, 2.05) is 6.92 Å². The smallest absolute Gasteiger partial charge is 0.126 e. The van der Waals surface area contributed by atoms with Gasteiger partial charge in [0.2, 0.25) is 0 Å². The van der Waals surface area contributed by atoms with Crippen LogP contribution in [0.2, 0.25) is 0 Å². The first-order valence-corrected chi connectivity index (χ1v) is 5.62. The van der Waals surface area contributed by atoms with Crippen LogP contribution < -0.4 is 4.74 Å². The van der Waals surface area contributed by atoms with E-state index in [2.05, 4.69) is 32.9 Å². The Morgan fingerprint density at radius 3 is 2.69 bits per heavy atom. The van der Waals surface area contributed by atoms with E-state index in [9.17, 15) is 0 Å². The minimum absolute atomic E-state index is 0.333. The molecule has 2 nitrogen and oxygen atoms in total. The highest BCUT2D eigenvalue weighted by molar-refractivity contribution is 5.53. The third kappa shape index (κ3) is 1.57. The number of aryl methyl sites for hydroxylation is 2. The SMILES string of the molecule is Cc1cc(C)c2c(c1C)OC(C)(CC#N)C2. The maximum absolute atomic E-state index is 8.83. The number of rotatable bonds is 1. The largest absolute Gasteiger partial charge is 0.486 e. The van der Waals surface area contributed by atoms with Crippen molar-refractivity contribution in [1.29, 1.82) is 5.26 Å². The van der Waals surface area contributed by atoms with Gasteiger partial charge >= 0.3 is 0 Å². The van der Waals surface area contributed by atoms with Gasteiger partial charge in [0.1, 0.15) is 11.4 Å². The van der Waals surface area contributed by atoms with Crippen LogP contribution in [0, 0.1) is 32.1 Å². The second-order valence-electron chi connectivity index (χ2n) is 5.01. The fourth-order valence-corrected chi connectivity index (χ4v) is 2.38. The van der Waals surface area contributed by atoms with Crippen LogP contribution in [0.5, 0.6) is 5.75 Å². The summed E-state index contributed by atoms with van der Waals surface area (Å²) in [5, 5.41) is 8.83. The predicted molar refractivity (Wildman–Crippen MR) is 63.6 cm³/mol. The molecule has 2 heteroatoms. The third-order valence-electron chi connectivity index (χ3n) is 3.47. The van der Waals surface area contributed by atoms with Gasteiger partial charge in [-0.2, -0.15) is 5.26 Å². The highest BCUT2D eigenvalue weighted by Crippen LogP contribution is 2.41. The van der Waals surface area contributed by atoms with Crippen LogP contribution >= 0.6 is 0 Å².